The van der Waals surface area contributed by atoms with Gasteiger partial charge < -0.3 is 15.5 Å². The molecule has 7 heteroatoms. The van der Waals surface area contributed by atoms with Crippen LogP contribution in [0.1, 0.15) is 18.4 Å². The third-order valence-electron chi connectivity index (χ3n) is 4.56. The first kappa shape index (κ1) is 22.4. The maximum atomic E-state index is 4.38. The molecule has 3 rings (SSSR count). The topological polar surface area (TPSA) is 39.7 Å². The highest BCUT2D eigenvalue weighted by Gasteiger charge is 2.20. The zero-order chi connectivity index (χ0) is 18.2. The molecular weight excluding hydrogens is 487 g/mol. The normalized spacial score (nSPS) is 15.3. The molecular formula is C20H29IN4S2. The van der Waals surface area contributed by atoms with Crippen LogP contribution in [0.25, 0.3) is 0 Å². The highest BCUT2D eigenvalue weighted by Crippen LogP contribution is 2.24. The maximum Gasteiger partial charge on any atom is 0.191 e. The molecule has 0 spiro atoms. The molecule has 2 aromatic rings. The van der Waals surface area contributed by atoms with E-state index in [9.17, 15) is 0 Å². The smallest absolute Gasteiger partial charge is 0.191 e. The lowest BCUT2D eigenvalue weighted by Gasteiger charge is -2.33. The van der Waals surface area contributed by atoms with E-state index >= 15 is 0 Å². The van der Waals surface area contributed by atoms with Crippen LogP contribution in [0.4, 0.5) is 5.00 Å². The van der Waals surface area contributed by atoms with Crippen molar-refractivity contribution in [1.29, 1.82) is 0 Å². The number of nitrogens with zero attached hydrogens (tertiary/aromatic N) is 2. The second kappa shape index (κ2) is 11.8. The van der Waals surface area contributed by atoms with Gasteiger partial charge in [-0.2, -0.15) is 0 Å². The van der Waals surface area contributed by atoms with Gasteiger partial charge >= 0.3 is 0 Å². The standard InChI is InChI=1S/C20H28N4S2.HI/c1-16-5-7-18(8-6-16)25-15-11-22-20(21-2)23-17-9-12-24(13-10-17)19-4-3-14-26-19;/h3-8,14,17H,9-13,15H2,1-2H3,(H2,21,22,23);1H. The van der Waals surface area contributed by atoms with Gasteiger partial charge in [0.1, 0.15) is 0 Å². The van der Waals surface area contributed by atoms with Crippen molar-refractivity contribution in [2.75, 3.05) is 37.3 Å². The van der Waals surface area contributed by atoms with Crippen molar-refractivity contribution in [3.05, 3.63) is 47.3 Å². The van der Waals surface area contributed by atoms with E-state index in [1.807, 2.05) is 30.1 Å². The quantitative estimate of drug-likeness (QED) is 0.194. The van der Waals surface area contributed by atoms with Crippen molar-refractivity contribution in [2.45, 2.75) is 30.7 Å². The lowest BCUT2D eigenvalue weighted by atomic mass is 10.1. The van der Waals surface area contributed by atoms with Crippen LogP contribution in [0.15, 0.2) is 51.7 Å². The van der Waals surface area contributed by atoms with E-state index in [0.717, 1.165) is 44.2 Å². The van der Waals surface area contributed by atoms with E-state index in [0.29, 0.717) is 6.04 Å². The molecule has 0 bridgehead atoms. The molecule has 0 saturated carbocycles. The van der Waals surface area contributed by atoms with Gasteiger partial charge in [-0.3, -0.25) is 4.99 Å². The summed E-state index contributed by atoms with van der Waals surface area (Å²) < 4.78 is 0. The van der Waals surface area contributed by atoms with Crippen LogP contribution in [-0.4, -0.2) is 44.4 Å². The third kappa shape index (κ3) is 7.19. The van der Waals surface area contributed by atoms with Gasteiger partial charge in [0.05, 0.1) is 5.00 Å². The highest BCUT2D eigenvalue weighted by atomic mass is 127. The molecule has 1 aliphatic heterocycles. The number of guanidine groups is 1. The van der Waals surface area contributed by atoms with E-state index in [-0.39, 0.29) is 24.0 Å². The second-order valence-electron chi connectivity index (χ2n) is 6.52. The van der Waals surface area contributed by atoms with Gasteiger partial charge in [0.2, 0.25) is 0 Å². The van der Waals surface area contributed by atoms with Crippen molar-refractivity contribution in [3.63, 3.8) is 0 Å². The van der Waals surface area contributed by atoms with Crippen molar-refractivity contribution in [2.24, 2.45) is 4.99 Å². The molecule has 0 amide bonds. The molecule has 0 aliphatic carbocycles. The largest absolute Gasteiger partial charge is 0.363 e. The van der Waals surface area contributed by atoms with E-state index in [1.165, 1.54) is 15.5 Å². The molecule has 148 valence electrons. The van der Waals surface area contributed by atoms with Crippen LogP contribution in [-0.2, 0) is 0 Å². The zero-order valence-corrected chi connectivity index (χ0v) is 19.9. The molecule has 0 atom stereocenters. The predicted molar refractivity (Wildman–Crippen MR) is 131 cm³/mol. The fourth-order valence-electron chi connectivity index (χ4n) is 3.05. The minimum atomic E-state index is 0. The van der Waals surface area contributed by atoms with Crippen LogP contribution < -0.4 is 15.5 Å². The summed E-state index contributed by atoms with van der Waals surface area (Å²) in [6, 6.07) is 13.6. The summed E-state index contributed by atoms with van der Waals surface area (Å²) in [5.41, 5.74) is 1.31. The Morgan fingerprint density at radius 2 is 1.96 bits per heavy atom. The average molecular weight is 517 g/mol. The van der Waals surface area contributed by atoms with Crippen LogP contribution in [0.5, 0.6) is 0 Å². The fourth-order valence-corrected chi connectivity index (χ4v) is 4.61. The number of thioether (sulfide) groups is 1. The molecule has 1 saturated heterocycles. The van der Waals surface area contributed by atoms with Gasteiger partial charge in [0.25, 0.3) is 0 Å². The summed E-state index contributed by atoms with van der Waals surface area (Å²) in [7, 11) is 1.85. The monoisotopic (exact) mass is 516 g/mol. The molecule has 2 heterocycles. The minimum Gasteiger partial charge on any atom is -0.363 e. The number of rotatable bonds is 6. The number of nitrogens with one attached hydrogen (secondary N) is 2. The number of aliphatic imine (C=N–C) groups is 1. The van der Waals surface area contributed by atoms with E-state index < -0.39 is 0 Å². The van der Waals surface area contributed by atoms with Crippen molar-refractivity contribution in [1.82, 2.24) is 10.6 Å². The van der Waals surface area contributed by atoms with E-state index in [2.05, 4.69) is 69.2 Å². The Labute approximate surface area is 188 Å². The molecule has 1 aromatic heterocycles. The summed E-state index contributed by atoms with van der Waals surface area (Å²) in [4.78, 5) is 8.18. The number of thiophene rings is 1. The fraction of sp³-hybridized carbons (Fsp3) is 0.450. The molecule has 0 radical (unpaired) electrons. The first-order valence-corrected chi connectivity index (χ1v) is 11.1. The Morgan fingerprint density at radius 3 is 2.59 bits per heavy atom. The second-order valence-corrected chi connectivity index (χ2v) is 8.61. The molecule has 2 N–H and O–H groups in total. The highest BCUT2D eigenvalue weighted by molar-refractivity contribution is 14.0. The Morgan fingerprint density at radius 1 is 1.22 bits per heavy atom. The number of anilines is 1. The summed E-state index contributed by atoms with van der Waals surface area (Å²) in [5.74, 6) is 1.95. The molecule has 27 heavy (non-hydrogen) atoms. The molecule has 0 unspecified atom stereocenters. The summed E-state index contributed by atoms with van der Waals surface area (Å²) in [6.45, 7) is 5.25. The number of hydrogen-bond acceptors (Lipinski definition) is 4. The summed E-state index contributed by atoms with van der Waals surface area (Å²) in [6.07, 6.45) is 2.30. The van der Waals surface area contributed by atoms with E-state index in [4.69, 9.17) is 0 Å². The Balaban J connectivity index is 0.00000261. The van der Waals surface area contributed by atoms with Crippen molar-refractivity contribution < 1.29 is 0 Å². The molecule has 1 fully saturated rings. The molecule has 1 aliphatic rings. The summed E-state index contributed by atoms with van der Waals surface area (Å²) in [5, 5.41) is 10.6. The Kier molecular flexibility index (Phi) is 9.78. The first-order chi connectivity index (χ1) is 12.7. The zero-order valence-electron chi connectivity index (χ0n) is 16.0. The van der Waals surface area contributed by atoms with Crippen molar-refractivity contribution in [3.8, 4) is 0 Å². The molecule has 4 nitrogen and oxygen atoms in total. The van der Waals surface area contributed by atoms with Gasteiger partial charge in [-0.1, -0.05) is 17.7 Å². The SMILES string of the molecule is CN=C(NCCSc1ccc(C)cc1)NC1CCN(c2cccs2)CC1.I. The predicted octanol–water partition coefficient (Wildman–Crippen LogP) is 4.60. The Bertz CT molecular complexity index is 681. The van der Waals surface area contributed by atoms with Gasteiger partial charge in [-0.25, -0.2) is 0 Å². The van der Waals surface area contributed by atoms with Gasteiger partial charge in [0, 0.05) is 43.4 Å². The number of aryl methyl sites for hydroxylation is 1. The van der Waals surface area contributed by atoms with Crippen LogP contribution >= 0.6 is 47.1 Å². The van der Waals surface area contributed by atoms with Crippen LogP contribution in [0, 0.1) is 6.92 Å². The van der Waals surface area contributed by atoms with Gasteiger partial charge in [0.15, 0.2) is 5.96 Å². The number of benzene rings is 1. The van der Waals surface area contributed by atoms with E-state index in [1.54, 1.807) is 0 Å². The number of piperidine rings is 1. The van der Waals surface area contributed by atoms with Crippen molar-refractivity contribution >= 4 is 58.0 Å². The maximum absolute atomic E-state index is 4.38. The lowest BCUT2D eigenvalue weighted by Crippen LogP contribution is -2.49. The van der Waals surface area contributed by atoms with Crippen LogP contribution in [0.2, 0.25) is 0 Å². The summed E-state index contributed by atoms with van der Waals surface area (Å²) >= 11 is 3.70. The minimum absolute atomic E-state index is 0. The van der Waals surface area contributed by atoms with Gasteiger partial charge in [-0.15, -0.1) is 47.1 Å². The van der Waals surface area contributed by atoms with Gasteiger partial charge in [-0.05, 0) is 49.4 Å². The average Bonchev–Trinajstić information content (AvgIpc) is 3.21. The number of hydrogen-bond donors (Lipinski definition) is 2. The van der Waals surface area contributed by atoms with Crippen LogP contribution in [0.3, 0.4) is 0 Å². The number of halogens is 1. The first-order valence-electron chi connectivity index (χ1n) is 9.19. The Hall–Kier alpha value is -0.930. The third-order valence-corrected chi connectivity index (χ3v) is 6.50. The molecule has 1 aromatic carbocycles. The lowest BCUT2D eigenvalue weighted by molar-refractivity contribution is 0.463.